The Morgan fingerprint density at radius 2 is 1.98 bits per heavy atom. The smallest absolute Gasteiger partial charge is 0.337 e. The first kappa shape index (κ1) is 29.5. The predicted molar refractivity (Wildman–Crippen MR) is 163 cm³/mol. The molecule has 11 heteroatoms. The van der Waals surface area contributed by atoms with Crippen LogP contribution in [-0.2, 0) is 35.7 Å². The molecule has 0 unspecified atom stereocenters. The van der Waals surface area contributed by atoms with E-state index in [-0.39, 0.29) is 12.0 Å². The Kier molecular flexibility index (Phi) is 9.49. The second-order valence-corrected chi connectivity index (χ2v) is 10.5. The van der Waals surface area contributed by atoms with Gasteiger partial charge in [0.15, 0.2) is 5.88 Å². The van der Waals surface area contributed by atoms with Gasteiger partial charge < -0.3 is 24.3 Å². The summed E-state index contributed by atoms with van der Waals surface area (Å²) >= 11 is 0. The van der Waals surface area contributed by atoms with Crippen LogP contribution in [0.25, 0.3) is 11.0 Å². The molecule has 43 heavy (non-hydrogen) atoms. The number of hydrogen-bond acceptors (Lipinski definition) is 9. The number of likely N-dealkylation sites (tertiary alicyclic amines) is 1. The van der Waals surface area contributed by atoms with Crippen molar-refractivity contribution in [2.24, 2.45) is 10.7 Å². The van der Waals surface area contributed by atoms with Gasteiger partial charge in [0.05, 0.1) is 66.5 Å². The highest BCUT2D eigenvalue weighted by atomic mass is 16.5. The van der Waals surface area contributed by atoms with Crippen molar-refractivity contribution in [1.29, 1.82) is 5.26 Å². The van der Waals surface area contributed by atoms with E-state index in [2.05, 4.69) is 32.0 Å². The fourth-order valence-corrected chi connectivity index (χ4v) is 5.20. The van der Waals surface area contributed by atoms with Crippen molar-refractivity contribution in [3.63, 3.8) is 0 Å². The lowest BCUT2D eigenvalue weighted by Gasteiger charge is -2.30. The molecule has 222 valence electrons. The average molecular weight is 581 g/mol. The van der Waals surface area contributed by atoms with Gasteiger partial charge in [-0.1, -0.05) is 12.1 Å². The van der Waals surface area contributed by atoms with Gasteiger partial charge in [0.1, 0.15) is 12.4 Å². The number of aliphatic imine (C=N–C) groups is 1. The number of ether oxygens (including phenoxy) is 2. The molecule has 1 saturated heterocycles. The van der Waals surface area contributed by atoms with Crippen molar-refractivity contribution in [2.75, 3.05) is 20.2 Å². The van der Waals surface area contributed by atoms with Crippen LogP contribution in [0.5, 0.6) is 0 Å². The summed E-state index contributed by atoms with van der Waals surface area (Å²) in [5.41, 5.74) is 10.9. The third kappa shape index (κ3) is 7.28. The number of piperidine rings is 1. The lowest BCUT2D eigenvalue weighted by molar-refractivity contribution is 0.0601. The summed E-state index contributed by atoms with van der Waals surface area (Å²) in [6, 6.07) is 15.0. The molecule has 0 aliphatic carbocycles. The normalized spacial score (nSPS) is 14.8. The van der Waals surface area contributed by atoms with Gasteiger partial charge in [0.25, 0.3) is 0 Å². The molecular formula is C32H36N8O3. The first-order chi connectivity index (χ1) is 21.0. The molecule has 4 aromatic rings. The van der Waals surface area contributed by atoms with Gasteiger partial charge in [-0.3, -0.25) is 9.89 Å². The van der Waals surface area contributed by atoms with Crippen molar-refractivity contribution >= 4 is 23.2 Å². The number of nitrogens with zero attached hydrogens (tertiary/aromatic N) is 7. The fourth-order valence-electron chi connectivity index (χ4n) is 5.20. The summed E-state index contributed by atoms with van der Waals surface area (Å²) < 4.78 is 14.9. The third-order valence-electron chi connectivity index (χ3n) is 7.65. The van der Waals surface area contributed by atoms with E-state index in [4.69, 9.17) is 30.4 Å². The third-order valence-corrected chi connectivity index (χ3v) is 7.65. The zero-order valence-corrected chi connectivity index (χ0v) is 24.5. The quantitative estimate of drug-likeness (QED) is 0.160. The Morgan fingerprint density at radius 1 is 1.19 bits per heavy atom. The van der Waals surface area contributed by atoms with Crippen molar-refractivity contribution in [3.05, 3.63) is 95.2 Å². The molecule has 0 bridgehead atoms. The Bertz CT molecular complexity index is 1650. The number of aromatic nitrogens is 4. The summed E-state index contributed by atoms with van der Waals surface area (Å²) in [4.78, 5) is 28.6. The number of carbonyl (C=O) groups is 1. The first-order valence-corrected chi connectivity index (χ1v) is 14.4. The SMILES string of the molecule is CCn1cncc1Cn1c(CN2CCC(N=C/C=C(\N)OCc3ccc(C#N)cc3)CC2)nc2ccc(C(=O)OC)cc21. The predicted octanol–water partition coefficient (Wildman–Crippen LogP) is 4.01. The van der Waals surface area contributed by atoms with E-state index in [1.807, 2.05) is 36.8 Å². The largest absolute Gasteiger partial charge is 0.474 e. The number of esters is 1. The number of imidazole rings is 2. The topological polar surface area (TPSA) is 137 Å². The number of benzene rings is 2. The summed E-state index contributed by atoms with van der Waals surface area (Å²) in [6.07, 6.45) is 8.97. The van der Waals surface area contributed by atoms with Crippen LogP contribution in [0.4, 0.5) is 0 Å². The van der Waals surface area contributed by atoms with Crippen LogP contribution in [0.2, 0.25) is 0 Å². The second-order valence-electron chi connectivity index (χ2n) is 10.5. The van der Waals surface area contributed by atoms with E-state index < -0.39 is 0 Å². The molecule has 0 atom stereocenters. The standard InChI is InChI=1S/C32H36N8O3/c1-3-39-22-35-18-27(39)19-40-29-16-25(32(41)42-2)8-9-28(29)37-31(40)20-38-14-11-26(12-15-38)36-13-10-30(34)43-21-24-6-4-23(17-33)5-7-24/h4-10,13,16,18,22,26H,3,11-12,14-15,19-21,34H2,1-2H3/b30-10+,36-13?. The number of aryl methyl sites for hydroxylation is 1. The van der Waals surface area contributed by atoms with Crippen LogP contribution in [-0.4, -0.2) is 62.4 Å². The molecule has 0 amide bonds. The zero-order valence-electron chi connectivity index (χ0n) is 24.5. The molecule has 11 nitrogen and oxygen atoms in total. The lowest BCUT2D eigenvalue weighted by Crippen LogP contribution is -2.35. The van der Waals surface area contributed by atoms with Gasteiger partial charge in [-0.05, 0) is 55.7 Å². The molecule has 1 aliphatic rings. The number of nitriles is 1. The maximum Gasteiger partial charge on any atom is 0.337 e. The Labute approximate surface area is 250 Å². The fraction of sp³-hybridized carbons (Fsp3) is 0.344. The molecule has 0 spiro atoms. The van der Waals surface area contributed by atoms with Gasteiger partial charge in [-0.15, -0.1) is 0 Å². The van der Waals surface area contributed by atoms with Crippen LogP contribution < -0.4 is 5.73 Å². The highest BCUT2D eigenvalue weighted by Crippen LogP contribution is 2.23. The van der Waals surface area contributed by atoms with Gasteiger partial charge in [-0.2, -0.15) is 5.26 Å². The van der Waals surface area contributed by atoms with Crippen LogP contribution in [0.3, 0.4) is 0 Å². The Balaban J connectivity index is 1.21. The number of fused-ring (bicyclic) bond motifs is 1. The van der Waals surface area contributed by atoms with Crippen LogP contribution in [0, 0.1) is 11.3 Å². The highest BCUT2D eigenvalue weighted by Gasteiger charge is 2.22. The second kappa shape index (κ2) is 13.8. The molecule has 2 aromatic heterocycles. The van der Waals surface area contributed by atoms with Crippen molar-refractivity contribution in [3.8, 4) is 6.07 Å². The van der Waals surface area contributed by atoms with E-state index in [0.29, 0.717) is 36.7 Å². The molecule has 0 saturated carbocycles. The first-order valence-electron chi connectivity index (χ1n) is 14.4. The minimum atomic E-state index is -0.369. The Hall–Kier alpha value is -4.95. The highest BCUT2D eigenvalue weighted by molar-refractivity contribution is 5.93. The van der Waals surface area contributed by atoms with Gasteiger partial charge in [-0.25, -0.2) is 14.8 Å². The van der Waals surface area contributed by atoms with Crippen molar-refractivity contribution < 1.29 is 14.3 Å². The number of allylic oxidation sites excluding steroid dienone is 1. The summed E-state index contributed by atoms with van der Waals surface area (Å²) in [5, 5.41) is 8.91. The molecule has 2 N–H and O–H groups in total. The summed E-state index contributed by atoms with van der Waals surface area (Å²) in [6.45, 7) is 6.31. The number of carbonyl (C=O) groups excluding carboxylic acids is 1. The van der Waals surface area contributed by atoms with E-state index >= 15 is 0 Å². The van der Waals surface area contributed by atoms with Gasteiger partial charge in [0.2, 0.25) is 0 Å². The van der Waals surface area contributed by atoms with E-state index in [1.54, 1.807) is 30.5 Å². The van der Waals surface area contributed by atoms with E-state index in [9.17, 15) is 4.79 Å². The number of hydrogen-bond donors (Lipinski definition) is 1. The summed E-state index contributed by atoms with van der Waals surface area (Å²) in [5.74, 6) is 0.869. The Morgan fingerprint density at radius 3 is 2.70 bits per heavy atom. The van der Waals surface area contributed by atoms with Gasteiger partial charge in [0, 0.05) is 38.1 Å². The molecule has 1 aliphatic heterocycles. The van der Waals surface area contributed by atoms with Crippen molar-refractivity contribution in [2.45, 2.75) is 52.0 Å². The molecule has 3 heterocycles. The van der Waals surface area contributed by atoms with Crippen LogP contribution in [0.1, 0.15) is 52.8 Å². The molecular weight excluding hydrogens is 544 g/mol. The maximum atomic E-state index is 12.3. The molecule has 0 radical (unpaired) electrons. The number of nitrogens with two attached hydrogens (primary N) is 1. The lowest BCUT2D eigenvalue weighted by atomic mass is 10.1. The van der Waals surface area contributed by atoms with Crippen LogP contribution >= 0.6 is 0 Å². The zero-order chi connectivity index (χ0) is 30.2. The molecule has 1 fully saturated rings. The number of methoxy groups -OCH3 is 1. The monoisotopic (exact) mass is 580 g/mol. The molecule has 5 rings (SSSR count). The molecule has 2 aromatic carbocycles. The minimum absolute atomic E-state index is 0.208. The van der Waals surface area contributed by atoms with Gasteiger partial charge >= 0.3 is 5.97 Å². The minimum Gasteiger partial charge on any atom is -0.474 e. The van der Waals surface area contributed by atoms with Crippen molar-refractivity contribution in [1.82, 2.24) is 24.0 Å². The van der Waals surface area contributed by atoms with Crippen LogP contribution in [0.15, 0.2) is 71.9 Å². The average Bonchev–Trinajstić information content (AvgIpc) is 3.64. The maximum absolute atomic E-state index is 12.3. The van der Waals surface area contributed by atoms with E-state index in [1.165, 1.54) is 7.11 Å². The summed E-state index contributed by atoms with van der Waals surface area (Å²) in [7, 11) is 1.39. The van der Waals surface area contributed by atoms with E-state index in [0.717, 1.165) is 60.6 Å². The number of rotatable bonds is 11.